The Morgan fingerprint density at radius 2 is 2.00 bits per heavy atom. The van der Waals surface area contributed by atoms with Gasteiger partial charge in [-0.3, -0.25) is 9.68 Å². The second-order valence-corrected chi connectivity index (χ2v) is 1.64. The largest absolute Gasteiger partial charge is 0.366 e. The molecule has 7 heteroatoms. The van der Waals surface area contributed by atoms with Crippen LogP contribution in [0.1, 0.15) is 6.92 Å². The van der Waals surface area contributed by atoms with E-state index in [9.17, 15) is 19.7 Å². The Bertz CT molecular complexity index is 232. The predicted octanol–water partition coefficient (Wildman–Crippen LogP) is -0.202. The van der Waals surface area contributed by atoms with E-state index in [0.29, 0.717) is 6.08 Å². The van der Waals surface area contributed by atoms with E-state index in [1.807, 2.05) is 0 Å². The molecule has 0 N–H and O–H groups in total. The van der Waals surface area contributed by atoms with Gasteiger partial charge in [-0.15, -0.1) is 10.1 Å². The highest BCUT2D eigenvalue weighted by Crippen LogP contribution is 1.84. The van der Waals surface area contributed by atoms with Crippen molar-refractivity contribution in [2.45, 2.75) is 6.92 Å². The first-order valence-electron chi connectivity index (χ1n) is 2.74. The number of allylic oxidation sites excluding steroid dienone is 1. The third-order valence-corrected chi connectivity index (χ3v) is 0.634. The molecule has 0 aliphatic rings. The summed E-state index contributed by atoms with van der Waals surface area (Å²) in [5.41, 5.74) is 0. The van der Waals surface area contributed by atoms with Gasteiger partial charge < -0.3 is 0 Å². The van der Waals surface area contributed by atoms with Crippen molar-refractivity contribution in [3.63, 3.8) is 0 Å². The fourth-order valence-corrected chi connectivity index (χ4v) is 0.280. The van der Waals surface area contributed by atoms with Crippen LogP contribution in [0.25, 0.3) is 0 Å². The Morgan fingerprint density at radius 3 is 2.42 bits per heavy atom. The molecule has 0 aromatic carbocycles. The van der Waals surface area contributed by atoms with Gasteiger partial charge in [0.1, 0.15) is 0 Å². The predicted molar refractivity (Wildman–Crippen MR) is 34.0 cm³/mol. The molecule has 0 aromatic heterocycles. The Kier molecular flexibility index (Phi) is 4.06. The number of rotatable bonds is 4. The van der Waals surface area contributed by atoms with E-state index < -0.39 is 11.1 Å². The molecule has 0 aliphatic carbocycles. The standard InChI is InChI=1S/C5H5NO6/c1-4(7)2-3-5(8)11-12-6(9)10/h2-3H,1H3/b3-2-. The quantitative estimate of drug-likeness (QED) is 0.254. The average Bonchev–Trinajstić information content (AvgIpc) is 1.96. The molecule has 66 valence electrons. The molecule has 0 atom stereocenters. The Hall–Kier alpha value is -1.92. The number of hydrogen-bond acceptors (Lipinski definition) is 6. The zero-order valence-corrected chi connectivity index (χ0v) is 6.05. The molecule has 0 saturated heterocycles. The van der Waals surface area contributed by atoms with Crippen molar-refractivity contribution in [3.05, 3.63) is 22.3 Å². The van der Waals surface area contributed by atoms with Crippen LogP contribution in [0, 0.1) is 10.1 Å². The molecule has 0 aromatic rings. The molecule has 0 saturated carbocycles. The van der Waals surface area contributed by atoms with Gasteiger partial charge >= 0.3 is 11.1 Å². The van der Waals surface area contributed by atoms with Crippen LogP contribution in [-0.2, 0) is 19.5 Å². The van der Waals surface area contributed by atoms with Gasteiger partial charge in [-0.25, -0.2) is 4.79 Å². The SMILES string of the molecule is CC(=O)/C=C\C(=O)OO[N+](=O)[O-]. The van der Waals surface area contributed by atoms with Crippen LogP contribution in [0.5, 0.6) is 0 Å². The summed E-state index contributed by atoms with van der Waals surface area (Å²) in [5.74, 6) is -1.50. The molecule has 0 bridgehead atoms. The van der Waals surface area contributed by atoms with Crippen molar-refractivity contribution in [1.82, 2.24) is 0 Å². The summed E-state index contributed by atoms with van der Waals surface area (Å²) >= 11 is 0. The summed E-state index contributed by atoms with van der Waals surface area (Å²) in [6, 6.07) is 0. The molecule has 0 radical (unpaired) electrons. The molecule has 0 amide bonds. The summed E-state index contributed by atoms with van der Waals surface area (Å²) < 4.78 is 0. The lowest BCUT2D eigenvalue weighted by molar-refractivity contribution is -0.839. The number of nitrogens with zero attached hydrogens (tertiary/aromatic N) is 1. The van der Waals surface area contributed by atoms with Crippen LogP contribution in [-0.4, -0.2) is 16.8 Å². The maximum atomic E-state index is 10.4. The van der Waals surface area contributed by atoms with Gasteiger partial charge in [0.05, 0.1) is 0 Å². The van der Waals surface area contributed by atoms with Gasteiger partial charge in [-0.05, 0) is 13.0 Å². The Morgan fingerprint density at radius 1 is 1.42 bits per heavy atom. The van der Waals surface area contributed by atoms with E-state index in [-0.39, 0.29) is 5.78 Å². The fraction of sp³-hybridized carbons (Fsp3) is 0.200. The molecular weight excluding hydrogens is 170 g/mol. The molecule has 0 heterocycles. The van der Waals surface area contributed by atoms with Crippen molar-refractivity contribution in [2.24, 2.45) is 0 Å². The van der Waals surface area contributed by atoms with E-state index in [1.165, 1.54) is 6.92 Å². The first kappa shape index (κ1) is 10.1. The number of hydrogen-bond donors (Lipinski definition) is 0. The highest BCUT2D eigenvalue weighted by Gasteiger charge is 2.01. The van der Waals surface area contributed by atoms with Gasteiger partial charge in [0.25, 0.3) is 0 Å². The fourth-order valence-electron chi connectivity index (χ4n) is 0.280. The van der Waals surface area contributed by atoms with Gasteiger partial charge in [0.2, 0.25) is 0 Å². The van der Waals surface area contributed by atoms with Crippen molar-refractivity contribution in [2.75, 3.05) is 0 Å². The van der Waals surface area contributed by atoms with Crippen LogP contribution in [0.2, 0.25) is 0 Å². The number of ketones is 1. The summed E-state index contributed by atoms with van der Waals surface area (Å²) in [6.07, 6.45) is 1.61. The second-order valence-electron chi connectivity index (χ2n) is 1.64. The van der Waals surface area contributed by atoms with Crippen molar-refractivity contribution < 1.29 is 24.6 Å². The van der Waals surface area contributed by atoms with Gasteiger partial charge in [-0.1, -0.05) is 4.99 Å². The van der Waals surface area contributed by atoms with Crippen molar-refractivity contribution >= 4 is 11.8 Å². The average molecular weight is 175 g/mol. The first-order chi connectivity index (χ1) is 5.52. The summed E-state index contributed by atoms with van der Waals surface area (Å²) in [7, 11) is 0. The van der Waals surface area contributed by atoms with Crippen LogP contribution in [0.15, 0.2) is 12.2 Å². The minimum absolute atomic E-state index is 0.381. The van der Waals surface area contributed by atoms with Gasteiger partial charge in [0, 0.05) is 6.08 Å². The normalized spacial score (nSPS) is 9.42. The third-order valence-electron chi connectivity index (χ3n) is 0.634. The van der Waals surface area contributed by atoms with Crippen LogP contribution in [0.4, 0.5) is 0 Å². The molecule has 0 unspecified atom stereocenters. The van der Waals surface area contributed by atoms with Crippen molar-refractivity contribution in [3.8, 4) is 0 Å². The van der Waals surface area contributed by atoms with E-state index in [1.54, 1.807) is 0 Å². The van der Waals surface area contributed by atoms with E-state index in [4.69, 9.17) is 0 Å². The maximum absolute atomic E-state index is 10.4. The summed E-state index contributed by atoms with van der Waals surface area (Å²) in [4.78, 5) is 36.9. The highest BCUT2D eigenvalue weighted by atomic mass is 17.3. The van der Waals surface area contributed by atoms with Crippen molar-refractivity contribution in [1.29, 1.82) is 0 Å². The Balaban J connectivity index is 3.75. The smallest absolute Gasteiger partial charge is 0.295 e. The van der Waals surface area contributed by atoms with E-state index >= 15 is 0 Å². The van der Waals surface area contributed by atoms with Gasteiger partial charge in [0.15, 0.2) is 5.78 Å². The van der Waals surface area contributed by atoms with E-state index in [2.05, 4.69) is 9.88 Å². The minimum Gasteiger partial charge on any atom is -0.295 e. The van der Waals surface area contributed by atoms with Crippen LogP contribution < -0.4 is 0 Å². The van der Waals surface area contributed by atoms with Gasteiger partial charge in [-0.2, -0.15) is 0 Å². The summed E-state index contributed by atoms with van der Waals surface area (Å²) in [5, 5.41) is 8.16. The van der Waals surface area contributed by atoms with E-state index in [0.717, 1.165) is 6.08 Å². The summed E-state index contributed by atoms with van der Waals surface area (Å²) in [6.45, 7) is 1.21. The lowest BCUT2D eigenvalue weighted by Gasteiger charge is -1.91. The maximum Gasteiger partial charge on any atom is 0.366 e. The highest BCUT2D eigenvalue weighted by molar-refractivity contribution is 5.94. The number of carbonyl (C=O) groups excluding carboxylic acids is 2. The molecular formula is C5H5NO6. The lowest BCUT2D eigenvalue weighted by atomic mass is 10.4. The zero-order chi connectivity index (χ0) is 9.56. The monoisotopic (exact) mass is 175 g/mol. The topological polar surface area (TPSA) is 95.7 Å². The molecule has 12 heavy (non-hydrogen) atoms. The zero-order valence-electron chi connectivity index (χ0n) is 6.05. The minimum atomic E-state index is -1.29. The first-order valence-corrected chi connectivity index (χ1v) is 2.74. The molecule has 7 nitrogen and oxygen atoms in total. The lowest BCUT2D eigenvalue weighted by Crippen LogP contribution is -2.07. The second kappa shape index (κ2) is 4.83. The Labute approximate surface area is 66.6 Å². The molecule has 0 aliphatic heterocycles. The van der Waals surface area contributed by atoms with Crippen LogP contribution >= 0.6 is 0 Å². The number of carbonyl (C=O) groups is 2. The molecule has 0 spiro atoms. The molecule has 0 rings (SSSR count). The molecule has 0 fully saturated rings. The third kappa shape index (κ3) is 6.20. The van der Waals surface area contributed by atoms with Crippen LogP contribution in [0.3, 0.4) is 0 Å².